The molecule has 3 heterocycles. The number of anilines is 1. The molecule has 0 unspecified atom stereocenters. The second-order valence-corrected chi connectivity index (χ2v) is 7.77. The number of likely N-dealkylation sites (tertiary alicyclic amines) is 1. The first kappa shape index (κ1) is 16.7. The average Bonchev–Trinajstić information content (AvgIpc) is 3.37. The molecule has 0 aliphatic carbocycles. The predicted molar refractivity (Wildman–Crippen MR) is 101 cm³/mol. The molecule has 2 aliphatic rings. The lowest BCUT2D eigenvalue weighted by Crippen LogP contribution is -2.39. The topological polar surface area (TPSA) is 49.3 Å². The van der Waals surface area contributed by atoms with E-state index < -0.39 is 0 Å². The lowest BCUT2D eigenvalue weighted by molar-refractivity contribution is 0.101. The summed E-state index contributed by atoms with van der Waals surface area (Å²) in [6.07, 6.45) is 5.14. The molecule has 1 aromatic carbocycles. The first-order chi connectivity index (χ1) is 12.2. The summed E-state index contributed by atoms with van der Waals surface area (Å²) in [6, 6.07) is 8.16. The number of nitrogens with zero attached hydrogens (tertiary/aromatic N) is 4. The fourth-order valence-corrected chi connectivity index (χ4v) is 4.65. The monoisotopic (exact) mass is 356 g/mol. The third kappa shape index (κ3) is 3.60. The molecule has 5 nitrogen and oxygen atoms in total. The van der Waals surface area contributed by atoms with Crippen molar-refractivity contribution in [3.63, 3.8) is 0 Å². The van der Waals surface area contributed by atoms with Crippen molar-refractivity contribution in [2.45, 2.75) is 38.6 Å². The molecule has 2 saturated heterocycles. The zero-order chi connectivity index (χ0) is 17.2. The Morgan fingerprint density at radius 3 is 2.88 bits per heavy atom. The number of hydrogen-bond donors (Lipinski definition) is 0. The Labute approximate surface area is 152 Å². The SMILES string of the molecule is CC(=O)c1cccc(-c2nsc(N3CCC[C@H]3CN3CCCC3)n2)c1. The van der Waals surface area contributed by atoms with Crippen LogP contribution < -0.4 is 4.90 Å². The van der Waals surface area contributed by atoms with Crippen molar-refractivity contribution < 1.29 is 4.79 Å². The molecule has 0 saturated carbocycles. The van der Waals surface area contributed by atoms with E-state index in [1.165, 1.54) is 50.3 Å². The van der Waals surface area contributed by atoms with E-state index in [1.54, 1.807) is 6.92 Å². The maximum absolute atomic E-state index is 11.6. The van der Waals surface area contributed by atoms with E-state index in [0.29, 0.717) is 11.6 Å². The Bertz CT molecular complexity index is 753. The van der Waals surface area contributed by atoms with Crippen molar-refractivity contribution in [1.82, 2.24) is 14.3 Å². The number of aromatic nitrogens is 2. The molecule has 1 atom stereocenters. The van der Waals surface area contributed by atoms with Gasteiger partial charge in [0, 0.05) is 41.8 Å². The Morgan fingerprint density at radius 2 is 2.08 bits per heavy atom. The minimum Gasteiger partial charge on any atom is -0.343 e. The highest BCUT2D eigenvalue weighted by Crippen LogP contribution is 2.30. The van der Waals surface area contributed by atoms with Crippen LogP contribution in [0.3, 0.4) is 0 Å². The smallest absolute Gasteiger partial charge is 0.205 e. The summed E-state index contributed by atoms with van der Waals surface area (Å²) >= 11 is 1.48. The molecule has 0 amide bonds. The number of rotatable bonds is 5. The molecule has 0 bridgehead atoms. The molecule has 25 heavy (non-hydrogen) atoms. The van der Waals surface area contributed by atoms with E-state index in [1.807, 2.05) is 24.3 Å². The summed E-state index contributed by atoms with van der Waals surface area (Å²) in [5.41, 5.74) is 1.63. The van der Waals surface area contributed by atoms with E-state index in [0.717, 1.165) is 29.6 Å². The lowest BCUT2D eigenvalue weighted by Gasteiger charge is -2.27. The summed E-state index contributed by atoms with van der Waals surface area (Å²) in [4.78, 5) is 21.4. The van der Waals surface area contributed by atoms with E-state index in [-0.39, 0.29) is 5.78 Å². The van der Waals surface area contributed by atoms with Crippen LogP contribution in [-0.2, 0) is 0 Å². The lowest BCUT2D eigenvalue weighted by atomic mass is 10.1. The van der Waals surface area contributed by atoms with E-state index in [2.05, 4.69) is 14.2 Å². The number of Topliss-reactive ketones (excluding diaryl/α,β-unsaturated/α-hetero) is 1. The van der Waals surface area contributed by atoms with Gasteiger partial charge in [-0.3, -0.25) is 4.79 Å². The van der Waals surface area contributed by atoms with Crippen LogP contribution in [0.2, 0.25) is 0 Å². The maximum atomic E-state index is 11.6. The molecule has 2 fully saturated rings. The van der Waals surface area contributed by atoms with E-state index in [9.17, 15) is 4.79 Å². The fraction of sp³-hybridized carbons (Fsp3) is 0.526. The van der Waals surface area contributed by atoms with Crippen molar-refractivity contribution in [2.75, 3.05) is 31.1 Å². The highest BCUT2D eigenvalue weighted by Gasteiger charge is 2.29. The van der Waals surface area contributed by atoms with Gasteiger partial charge < -0.3 is 9.80 Å². The van der Waals surface area contributed by atoms with Crippen LogP contribution in [0, 0.1) is 0 Å². The van der Waals surface area contributed by atoms with Gasteiger partial charge in [0.1, 0.15) is 0 Å². The van der Waals surface area contributed by atoms with Gasteiger partial charge in [0.2, 0.25) is 5.13 Å². The largest absolute Gasteiger partial charge is 0.343 e. The minimum atomic E-state index is 0.0718. The van der Waals surface area contributed by atoms with Gasteiger partial charge in [-0.05, 0) is 51.8 Å². The van der Waals surface area contributed by atoms with Crippen LogP contribution in [-0.4, -0.2) is 52.3 Å². The van der Waals surface area contributed by atoms with Gasteiger partial charge in [-0.25, -0.2) is 0 Å². The Morgan fingerprint density at radius 1 is 1.24 bits per heavy atom. The van der Waals surface area contributed by atoms with Crippen LogP contribution in [0.1, 0.15) is 43.0 Å². The third-order valence-corrected chi connectivity index (χ3v) is 5.99. The fourth-order valence-electron chi connectivity index (χ4n) is 3.87. The number of carbonyl (C=O) groups is 1. The van der Waals surface area contributed by atoms with Crippen LogP contribution >= 0.6 is 11.5 Å². The van der Waals surface area contributed by atoms with Gasteiger partial charge in [-0.1, -0.05) is 18.2 Å². The first-order valence-electron chi connectivity index (χ1n) is 9.15. The zero-order valence-electron chi connectivity index (χ0n) is 14.6. The molecule has 0 N–H and O–H groups in total. The Kier molecular flexibility index (Phi) is 4.81. The van der Waals surface area contributed by atoms with Crippen LogP contribution in [0.15, 0.2) is 24.3 Å². The van der Waals surface area contributed by atoms with Crippen molar-refractivity contribution >= 4 is 22.4 Å². The second kappa shape index (κ2) is 7.22. The van der Waals surface area contributed by atoms with Crippen molar-refractivity contribution in [1.29, 1.82) is 0 Å². The van der Waals surface area contributed by atoms with Crippen LogP contribution in [0.4, 0.5) is 5.13 Å². The highest BCUT2D eigenvalue weighted by atomic mass is 32.1. The molecule has 132 valence electrons. The van der Waals surface area contributed by atoms with Crippen molar-refractivity contribution in [3.05, 3.63) is 29.8 Å². The Hall–Kier alpha value is -1.79. The van der Waals surface area contributed by atoms with Gasteiger partial charge in [-0.15, -0.1) is 0 Å². The van der Waals surface area contributed by atoms with E-state index in [4.69, 9.17) is 4.98 Å². The molecular formula is C19H24N4OS. The van der Waals surface area contributed by atoms with E-state index >= 15 is 0 Å². The van der Waals surface area contributed by atoms with Gasteiger partial charge in [0.25, 0.3) is 0 Å². The minimum absolute atomic E-state index is 0.0718. The number of ketones is 1. The molecule has 4 rings (SSSR count). The Balaban J connectivity index is 1.52. The molecular weight excluding hydrogens is 332 g/mol. The van der Waals surface area contributed by atoms with Gasteiger partial charge in [-0.2, -0.15) is 9.36 Å². The zero-order valence-corrected chi connectivity index (χ0v) is 15.5. The first-order valence-corrected chi connectivity index (χ1v) is 9.92. The van der Waals surface area contributed by atoms with Crippen molar-refractivity contribution in [2.24, 2.45) is 0 Å². The predicted octanol–water partition coefficient (Wildman–Crippen LogP) is 3.47. The number of hydrogen-bond acceptors (Lipinski definition) is 6. The standard InChI is InChI=1S/C19H24N4OS/c1-14(24)15-6-4-7-16(12-15)18-20-19(25-21-18)23-11-5-8-17(23)13-22-9-2-3-10-22/h4,6-7,12,17H,2-3,5,8-11,13H2,1H3/t17-/m0/s1. The average molecular weight is 356 g/mol. The summed E-state index contributed by atoms with van der Waals surface area (Å²) < 4.78 is 4.56. The summed E-state index contributed by atoms with van der Waals surface area (Å²) in [5.74, 6) is 0.803. The van der Waals surface area contributed by atoms with Gasteiger partial charge in [0.05, 0.1) is 0 Å². The highest BCUT2D eigenvalue weighted by molar-refractivity contribution is 7.09. The van der Waals surface area contributed by atoms with Gasteiger partial charge in [0.15, 0.2) is 11.6 Å². The number of benzene rings is 1. The summed E-state index contributed by atoms with van der Waals surface area (Å²) in [5, 5.41) is 1.02. The molecule has 1 aromatic heterocycles. The van der Waals surface area contributed by atoms with Crippen LogP contribution in [0.5, 0.6) is 0 Å². The number of carbonyl (C=O) groups excluding carboxylic acids is 1. The molecule has 2 aliphatic heterocycles. The summed E-state index contributed by atoms with van der Waals surface area (Å²) in [7, 11) is 0. The molecule has 6 heteroatoms. The molecule has 0 spiro atoms. The van der Waals surface area contributed by atoms with Gasteiger partial charge >= 0.3 is 0 Å². The van der Waals surface area contributed by atoms with Crippen molar-refractivity contribution in [3.8, 4) is 11.4 Å². The quantitative estimate of drug-likeness (QED) is 0.768. The normalized spacial score (nSPS) is 21.2. The summed E-state index contributed by atoms with van der Waals surface area (Å²) in [6.45, 7) is 6.29. The molecule has 0 radical (unpaired) electrons. The maximum Gasteiger partial charge on any atom is 0.205 e. The third-order valence-electron chi connectivity index (χ3n) is 5.23. The molecule has 2 aromatic rings. The van der Waals surface area contributed by atoms with Crippen LogP contribution in [0.25, 0.3) is 11.4 Å². The second-order valence-electron chi connectivity index (χ2n) is 7.03.